The number of carbonyl (C=O) groups is 1. The van der Waals surface area contributed by atoms with Crippen LogP contribution < -0.4 is 15.6 Å². The lowest BCUT2D eigenvalue weighted by Crippen LogP contribution is -2.44. The van der Waals surface area contributed by atoms with E-state index in [-0.39, 0.29) is 10.8 Å². The summed E-state index contributed by atoms with van der Waals surface area (Å²) in [5.41, 5.74) is 7.43. The molecule has 0 aromatic heterocycles. The van der Waals surface area contributed by atoms with Crippen LogP contribution in [0.2, 0.25) is 18.1 Å². The quantitative estimate of drug-likeness (QED) is 0.418. The molecule has 0 unspecified atom stereocenters. The van der Waals surface area contributed by atoms with Crippen LogP contribution in [0.15, 0.2) is 21.7 Å². The van der Waals surface area contributed by atoms with Crippen LogP contribution in [0.1, 0.15) is 26.3 Å². The van der Waals surface area contributed by atoms with E-state index in [0.29, 0.717) is 15.8 Å². The zero-order valence-corrected chi connectivity index (χ0v) is 16.0. The molecule has 8 heteroatoms. The third-order valence-electron chi connectivity index (χ3n) is 3.66. The van der Waals surface area contributed by atoms with Crippen LogP contribution >= 0.6 is 15.9 Å². The van der Waals surface area contributed by atoms with Gasteiger partial charge in [0.2, 0.25) is 0 Å². The van der Waals surface area contributed by atoms with Gasteiger partial charge in [0.15, 0.2) is 0 Å². The number of carbonyl (C=O) groups excluding carboxylic acids is 1. The molecule has 0 radical (unpaired) electrons. The standard InChI is InChI=1S/C14H22BrN3O3Si/c1-14(2,3)22(4,5)21-11-7-6-10(19)9(12(11)15)8-17-18-13(16)20/h6-8,19H,1-5H3,(H3,16,18,20). The number of primary amides is 1. The lowest BCUT2D eigenvalue weighted by atomic mass is 10.2. The number of hydrazone groups is 1. The monoisotopic (exact) mass is 387 g/mol. The normalized spacial score (nSPS) is 12.5. The fourth-order valence-corrected chi connectivity index (χ4v) is 3.05. The molecule has 0 bridgehead atoms. The van der Waals surface area contributed by atoms with Crippen molar-refractivity contribution in [2.75, 3.05) is 0 Å². The summed E-state index contributed by atoms with van der Waals surface area (Å²) in [6.45, 7) is 10.7. The zero-order chi connectivity index (χ0) is 17.1. The molecule has 0 aliphatic carbocycles. The number of nitrogens with two attached hydrogens (primary N) is 1. The fraction of sp³-hybridized carbons (Fsp3) is 0.429. The second-order valence-electron chi connectivity index (χ2n) is 6.41. The van der Waals surface area contributed by atoms with Crippen molar-refractivity contribution in [2.24, 2.45) is 10.8 Å². The van der Waals surface area contributed by atoms with Gasteiger partial charge in [-0.25, -0.2) is 10.2 Å². The lowest BCUT2D eigenvalue weighted by Gasteiger charge is -2.36. The molecule has 0 saturated heterocycles. The van der Waals surface area contributed by atoms with Crippen molar-refractivity contribution in [3.63, 3.8) is 0 Å². The molecule has 0 atom stereocenters. The number of hydrogen-bond donors (Lipinski definition) is 3. The topological polar surface area (TPSA) is 96.9 Å². The van der Waals surface area contributed by atoms with Crippen LogP contribution in [-0.4, -0.2) is 25.7 Å². The Morgan fingerprint density at radius 3 is 2.55 bits per heavy atom. The number of phenols is 1. The molecular weight excluding hydrogens is 366 g/mol. The van der Waals surface area contributed by atoms with Crippen molar-refractivity contribution in [1.29, 1.82) is 0 Å². The summed E-state index contributed by atoms with van der Waals surface area (Å²) < 4.78 is 6.80. The minimum Gasteiger partial charge on any atom is -0.543 e. The SMILES string of the molecule is CC(C)(C)[Si](C)(C)Oc1ccc(O)c(C=NNC(N)=O)c1Br. The molecule has 2 amide bonds. The molecule has 6 nitrogen and oxygen atoms in total. The highest BCUT2D eigenvalue weighted by atomic mass is 79.9. The number of aromatic hydroxyl groups is 1. The van der Waals surface area contributed by atoms with Crippen molar-refractivity contribution in [3.05, 3.63) is 22.2 Å². The Balaban J connectivity index is 3.14. The number of amides is 2. The second kappa shape index (κ2) is 6.70. The highest BCUT2D eigenvalue weighted by Gasteiger charge is 2.39. The predicted octanol–water partition coefficient (Wildman–Crippen LogP) is 3.54. The Labute approximate surface area is 140 Å². The maximum absolute atomic E-state index is 10.6. The van der Waals surface area contributed by atoms with E-state index in [1.165, 1.54) is 12.3 Å². The first-order valence-electron chi connectivity index (χ1n) is 6.74. The van der Waals surface area contributed by atoms with Crippen LogP contribution in [0.5, 0.6) is 11.5 Å². The molecule has 4 N–H and O–H groups in total. The second-order valence-corrected chi connectivity index (χ2v) is 11.9. The maximum Gasteiger partial charge on any atom is 0.332 e. The summed E-state index contributed by atoms with van der Waals surface area (Å²) in [7, 11) is -2.01. The fourth-order valence-electron chi connectivity index (χ4n) is 1.35. The highest BCUT2D eigenvalue weighted by molar-refractivity contribution is 9.10. The Hall–Kier alpha value is -1.54. The molecule has 1 rings (SSSR count). The van der Waals surface area contributed by atoms with E-state index in [0.717, 1.165) is 0 Å². The maximum atomic E-state index is 10.6. The zero-order valence-electron chi connectivity index (χ0n) is 13.4. The van der Waals surface area contributed by atoms with Gasteiger partial charge < -0.3 is 15.3 Å². The Bertz CT molecular complexity index is 598. The molecule has 122 valence electrons. The average Bonchev–Trinajstić information content (AvgIpc) is 2.35. The number of benzene rings is 1. The smallest absolute Gasteiger partial charge is 0.332 e. The summed E-state index contributed by atoms with van der Waals surface area (Å²) in [5, 5.41) is 13.6. The molecule has 1 aromatic carbocycles. The van der Waals surface area contributed by atoms with Gasteiger partial charge >= 0.3 is 6.03 Å². The molecule has 0 fully saturated rings. The van der Waals surface area contributed by atoms with E-state index in [2.05, 4.69) is 60.3 Å². The number of rotatable bonds is 4. The van der Waals surface area contributed by atoms with E-state index < -0.39 is 14.3 Å². The van der Waals surface area contributed by atoms with Gasteiger partial charge in [0.1, 0.15) is 11.5 Å². The van der Waals surface area contributed by atoms with Crippen molar-refractivity contribution < 1.29 is 14.3 Å². The molecule has 0 heterocycles. The van der Waals surface area contributed by atoms with Crippen LogP contribution in [0.25, 0.3) is 0 Å². The van der Waals surface area contributed by atoms with Crippen molar-refractivity contribution in [1.82, 2.24) is 5.43 Å². The summed E-state index contributed by atoms with van der Waals surface area (Å²) in [5.74, 6) is 0.648. The van der Waals surface area contributed by atoms with Crippen molar-refractivity contribution in [2.45, 2.75) is 38.9 Å². The van der Waals surface area contributed by atoms with Crippen LogP contribution in [0.4, 0.5) is 4.79 Å². The third kappa shape index (κ3) is 4.47. The van der Waals surface area contributed by atoms with Gasteiger partial charge in [-0.1, -0.05) is 20.8 Å². The molecule has 0 aliphatic rings. The van der Waals surface area contributed by atoms with Gasteiger partial charge in [-0.2, -0.15) is 5.10 Å². The molecular formula is C14H22BrN3O3Si. The van der Waals surface area contributed by atoms with Gasteiger partial charge in [-0.3, -0.25) is 0 Å². The van der Waals surface area contributed by atoms with E-state index in [1.54, 1.807) is 6.07 Å². The Kier molecular flexibility index (Phi) is 5.63. The average molecular weight is 388 g/mol. The summed E-state index contributed by atoms with van der Waals surface area (Å²) >= 11 is 3.42. The molecule has 22 heavy (non-hydrogen) atoms. The predicted molar refractivity (Wildman–Crippen MR) is 93.9 cm³/mol. The van der Waals surface area contributed by atoms with Gasteiger partial charge in [-0.05, 0) is 46.2 Å². The molecule has 0 aliphatic heterocycles. The largest absolute Gasteiger partial charge is 0.543 e. The minimum absolute atomic E-state index is 0.0180. The van der Waals surface area contributed by atoms with Crippen molar-refractivity contribution >= 4 is 36.5 Å². The Morgan fingerprint density at radius 2 is 2.05 bits per heavy atom. The molecule has 0 saturated carbocycles. The van der Waals surface area contributed by atoms with Crippen LogP contribution in [-0.2, 0) is 0 Å². The number of phenolic OH excluding ortho intramolecular Hbond substituents is 1. The van der Waals surface area contributed by atoms with E-state index in [1.807, 2.05) is 0 Å². The van der Waals surface area contributed by atoms with Crippen LogP contribution in [0, 0.1) is 0 Å². The van der Waals surface area contributed by atoms with Gasteiger partial charge in [0.05, 0.1) is 16.3 Å². The third-order valence-corrected chi connectivity index (χ3v) is 8.82. The minimum atomic E-state index is -2.01. The summed E-state index contributed by atoms with van der Waals surface area (Å²) in [6.07, 6.45) is 1.31. The van der Waals surface area contributed by atoms with Crippen LogP contribution in [0.3, 0.4) is 0 Å². The number of nitrogens with one attached hydrogen (secondary N) is 1. The van der Waals surface area contributed by atoms with E-state index >= 15 is 0 Å². The number of nitrogens with zero attached hydrogens (tertiary/aromatic N) is 1. The first-order valence-corrected chi connectivity index (χ1v) is 10.4. The summed E-state index contributed by atoms with van der Waals surface area (Å²) in [6, 6.07) is 2.46. The van der Waals surface area contributed by atoms with Gasteiger partial charge in [0.25, 0.3) is 8.32 Å². The van der Waals surface area contributed by atoms with Gasteiger partial charge in [-0.15, -0.1) is 0 Å². The summed E-state index contributed by atoms with van der Waals surface area (Å²) in [4.78, 5) is 10.6. The first kappa shape index (κ1) is 18.5. The number of halogens is 1. The molecule has 0 spiro atoms. The van der Waals surface area contributed by atoms with Crippen molar-refractivity contribution in [3.8, 4) is 11.5 Å². The van der Waals surface area contributed by atoms with E-state index in [4.69, 9.17) is 10.2 Å². The first-order chi connectivity index (χ1) is 9.95. The number of hydrogen-bond acceptors (Lipinski definition) is 4. The van der Waals surface area contributed by atoms with Gasteiger partial charge in [0, 0.05) is 0 Å². The van der Waals surface area contributed by atoms with E-state index in [9.17, 15) is 9.90 Å². The lowest BCUT2D eigenvalue weighted by molar-refractivity contribution is 0.249. The highest BCUT2D eigenvalue weighted by Crippen LogP contribution is 2.41. The number of urea groups is 1. The molecule has 1 aromatic rings. The Morgan fingerprint density at radius 1 is 1.45 bits per heavy atom.